The smallest absolute Gasteiger partial charge is 0.107 e. The Morgan fingerprint density at radius 3 is 3.00 bits per heavy atom. The first-order valence-electron chi connectivity index (χ1n) is 5.32. The highest BCUT2D eigenvalue weighted by molar-refractivity contribution is 6.34. The average molecular weight is 239 g/mol. The second kappa shape index (κ2) is 4.85. The molecule has 0 bridgehead atoms. The lowest BCUT2D eigenvalue weighted by Gasteiger charge is -2.06. The van der Waals surface area contributed by atoms with Gasteiger partial charge in [0.1, 0.15) is 11.3 Å². The Bertz CT molecular complexity index is 481. The van der Waals surface area contributed by atoms with Crippen molar-refractivity contribution in [3.8, 4) is 0 Å². The molecule has 16 heavy (non-hydrogen) atoms. The van der Waals surface area contributed by atoms with Gasteiger partial charge in [-0.2, -0.15) is 0 Å². The molecule has 1 aromatic heterocycles. The van der Waals surface area contributed by atoms with E-state index in [0.717, 1.165) is 29.9 Å². The monoisotopic (exact) mass is 238 g/mol. The summed E-state index contributed by atoms with van der Waals surface area (Å²) in [6.45, 7) is 2.88. The zero-order chi connectivity index (χ0) is 11.5. The predicted octanol–water partition coefficient (Wildman–Crippen LogP) is 3.04. The number of hydrogen-bond acceptors (Lipinski definition) is 2. The molecule has 0 radical (unpaired) electrons. The van der Waals surface area contributed by atoms with Crippen LogP contribution in [0, 0.1) is 5.92 Å². The van der Waals surface area contributed by atoms with Crippen LogP contribution in [0.1, 0.15) is 12.7 Å². The van der Waals surface area contributed by atoms with Crippen LogP contribution < -0.4 is 0 Å². The van der Waals surface area contributed by atoms with Gasteiger partial charge in [0.2, 0.25) is 0 Å². The molecule has 0 saturated carbocycles. The van der Waals surface area contributed by atoms with E-state index in [1.54, 1.807) is 7.11 Å². The number of ether oxygens (including phenoxy) is 1. The Hall–Kier alpha value is -1.06. The lowest BCUT2D eigenvalue weighted by atomic mass is 10.1. The Kier molecular flexibility index (Phi) is 3.46. The number of benzene rings is 1. The number of imidazole rings is 1. The number of halogens is 1. The van der Waals surface area contributed by atoms with Crippen LogP contribution in [0.2, 0.25) is 5.02 Å². The minimum atomic E-state index is 0.448. The van der Waals surface area contributed by atoms with Gasteiger partial charge in [0.15, 0.2) is 0 Å². The zero-order valence-electron chi connectivity index (χ0n) is 9.46. The highest BCUT2D eigenvalue weighted by Crippen LogP contribution is 2.21. The average Bonchev–Trinajstić information content (AvgIpc) is 2.62. The maximum Gasteiger partial charge on any atom is 0.107 e. The number of rotatable bonds is 4. The minimum Gasteiger partial charge on any atom is -0.384 e. The number of hydrogen-bond donors (Lipinski definition) is 1. The van der Waals surface area contributed by atoms with Gasteiger partial charge in [0.25, 0.3) is 0 Å². The summed E-state index contributed by atoms with van der Waals surface area (Å²) in [7, 11) is 1.71. The molecule has 1 heterocycles. The highest BCUT2D eigenvalue weighted by Gasteiger charge is 2.09. The molecular weight excluding hydrogens is 224 g/mol. The van der Waals surface area contributed by atoms with Crippen molar-refractivity contribution >= 4 is 22.6 Å². The highest BCUT2D eigenvalue weighted by atomic mass is 35.5. The Labute approximate surface area is 99.8 Å². The fourth-order valence-electron chi connectivity index (χ4n) is 1.82. The van der Waals surface area contributed by atoms with Crippen molar-refractivity contribution in [3.05, 3.63) is 29.0 Å². The predicted molar refractivity (Wildman–Crippen MR) is 65.8 cm³/mol. The SMILES string of the molecule is COCC(C)Cc1nc2c(Cl)cccc2[nH]1. The fraction of sp³-hybridized carbons (Fsp3) is 0.417. The van der Waals surface area contributed by atoms with Crippen molar-refractivity contribution in [1.29, 1.82) is 0 Å². The molecule has 0 saturated heterocycles. The Morgan fingerprint density at radius 1 is 1.50 bits per heavy atom. The standard InChI is InChI=1S/C12H15ClN2O/c1-8(7-16-2)6-11-14-10-5-3-4-9(13)12(10)15-11/h3-5,8H,6-7H2,1-2H3,(H,14,15). The summed E-state index contributed by atoms with van der Waals surface area (Å²) in [6, 6.07) is 5.76. The third kappa shape index (κ3) is 2.36. The Balaban J connectivity index is 2.23. The van der Waals surface area contributed by atoms with Gasteiger partial charge in [-0.15, -0.1) is 0 Å². The number of methoxy groups -OCH3 is 1. The molecule has 1 N–H and O–H groups in total. The number of aromatic nitrogens is 2. The second-order valence-electron chi connectivity index (χ2n) is 4.08. The second-order valence-corrected chi connectivity index (χ2v) is 4.49. The molecule has 0 aliphatic carbocycles. The molecule has 0 aliphatic heterocycles. The quantitative estimate of drug-likeness (QED) is 0.889. The van der Waals surface area contributed by atoms with Crippen molar-refractivity contribution < 1.29 is 4.74 Å². The molecule has 1 atom stereocenters. The maximum absolute atomic E-state index is 6.06. The third-order valence-corrected chi connectivity index (χ3v) is 2.81. The van der Waals surface area contributed by atoms with E-state index in [-0.39, 0.29) is 0 Å². The van der Waals surface area contributed by atoms with Gasteiger partial charge >= 0.3 is 0 Å². The number of aromatic amines is 1. The van der Waals surface area contributed by atoms with Crippen LogP contribution in [-0.4, -0.2) is 23.7 Å². The molecular formula is C12H15ClN2O. The molecule has 2 rings (SSSR count). The maximum atomic E-state index is 6.06. The van der Waals surface area contributed by atoms with Gasteiger partial charge < -0.3 is 9.72 Å². The summed E-state index contributed by atoms with van der Waals surface area (Å²) in [5.74, 6) is 1.41. The summed E-state index contributed by atoms with van der Waals surface area (Å²) in [5.41, 5.74) is 1.84. The lowest BCUT2D eigenvalue weighted by Crippen LogP contribution is -2.07. The van der Waals surface area contributed by atoms with Crippen LogP contribution in [0.4, 0.5) is 0 Å². The lowest BCUT2D eigenvalue weighted by molar-refractivity contribution is 0.159. The number of H-pyrrole nitrogens is 1. The van der Waals surface area contributed by atoms with Gasteiger partial charge in [0.05, 0.1) is 10.5 Å². The fourth-order valence-corrected chi connectivity index (χ4v) is 2.04. The summed E-state index contributed by atoms with van der Waals surface area (Å²) < 4.78 is 5.11. The largest absolute Gasteiger partial charge is 0.384 e. The Morgan fingerprint density at radius 2 is 2.31 bits per heavy atom. The topological polar surface area (TPSA) is 37.9 Å². The van der Waals surface area contributed by atoms with Crippen molar-refractivity contribution in [3.63, 3.8) is 0 Å². The van der Waals surface area contributed by atoms with E-state index >= 15 is 0 Å². The molecule has 1 aromatic carbocycles. The molecule has 3 nitrogen and oxygen atoms in total. The molecule has 0 aliphatic rings. The van der Waals surface area contributed by atoms with E-state index in [2.05, 4.69) is 16.9 Å². The van der Waals surface area contributed by atoms with Crippen LogP contribution >= 0.6 is 11.6 Å². The zero-order valence-corrected chi connectivity index (χ0v) is 10.2. The first-order valence-corrected chi connectivity index (χ1v) is 5.70. The van der Waals surface area contributed by atoms with Crippen molar-refractivity contribution in [2.75, 3.05) is 13.7 Å². The molecule has 1 unspecified atom stereocenters. The molecule has 0 fully saturated rings. The van der Waals surface area contributed by atoms with E-state index in [1.807, 2.05) is 18.2 Å². The first kappa shape index (κ1) is 11.4. The molecule has 0 amide bonds. The minimum absolute atomic E-state index is 0.448. The molecule has 4 heteroatoms. The summed E-state index contributed by atoms with van der Waals surface area (Å²) in [6.07, 6.45) is 0.874. The van der Waals surface area contributed by atoms with Crippen molar-refractivity contribution in [1.82, 2.24) is 9.97 Å². The van der Waals surface area contributed by atoms with Gasteiger partial charge in [-0.05, 0) is 18.1 Å². The molecule has 0 spiro atoms. The van der Waals surface area contributed by atoms with E-state index in [4.69, 9.17) is 16.3 Å². The molecule has 86 valence electrons. The molecule has 2 aromatic rings. The number of nitrogens with zero attached hydrogens (tertiary/aromatic N) is 1. The number of fused-ring (bicyclic) bond motifs is 1. The number of nitrogens with one attached hydrogen (secondary N) is 1. The van der Waals surface area contributed by atoms with E-state index in [1.165, 1.54) is 0 Å². The van der Waals surface area contributed by atoms with Gasteiger partial charge in [-0.25, -0.2) is 4.98 Å². The van der Waals surface area contributed by atoms with Crippen LogP contribution in [0.25, 0.3) is 11.0 Å². The van der Waals surface area contributed by atoms with E-state index in [9.17, 15) is 0 Å². The van der Waals surface area contributed by atoms with Crippen LogP contribution in [-0.2, 0) is 11.2 Å². The summed E-state index contributed by atoms with van der Waals surface area (Å²) in [5, 5.41) is 0.694. The summed E-state index contributed by atoms with van der Waals surface area (Å²) in [4.78, 5) is 7.77. The normalized spacial score (nSPS) is 13.2. The van der Waals surface area contributed by atoms with Crippen LogP contribution in [0.3, 0.4) is 0 Å². The third-order valence-electron chi connectivity index (χ3n) is 2.51. The van der Waals surface area contributed by atoms with Crippen molar-refractivity contribution in [2.24, 2.45) is 5.92 Å². The van der Waals surface area contributed by atoms with Crippen LogP contribution in [0.15, 0.2) is 18.2 Å². The van der Waals surface area contributed by atoms with Gasteiger partial charge in [0, 0.05) is 20.1 Å². The number of para-hydroxylation sites is 1. The van der Waals surface area contributed by atoms with E-state index < -0.39 is 0 Å². The summed E-state index contributed by atoms with van der Waals surface area (Å²) >= 11 is 6.06. The van der Waals surface area contributed by atoms with Gasteiger partial charge in [-0.1, -0.05) is 24.6 Å². The van der Waals surface area contributed by atoms with Crippen LogP contribution in [0.5, 0.6) is 0 Å². The van der Waals surface area contributed by atoms with Crippen molar-refractivity contribution in [2.45, 2.75) is 13.3 Å². The van der Waals surface area contributed by atoms with Gasteiger partial charge in [-0.3, -0.25) is 0 Å². The van der Waals surface area contributed by atoms with E-state index in [0.29, 0.717) is 10.9 Å². The first-order chi connectivity index (χ1) is 7.70.